The quantitative estimate of drug-likeness (QED) is 0.921. The Bertz CT molecular complexity index is 594. The largest absolute Gasteiger partial charge is 0.478 e. The van der Waals surface area contributed by atoms with E-state index in [4.69, 9.17) is 5.11 Å². The highest BCUT2D eigenvalue weighted by Crippen LogP contribution is 2.21. The molecule has 0 saturated carbocycles. The number of carboxylic acid groups (broad SMARTS) is 1. The van der Waals surface area contributed by atoms with Crippen LogP contribution < -0.4 is 0 Å². The molecule has 1 N–H and O–H groups in total. The average molecular weight is 258 g/mol. The minimum Gasteiger partial charge on any atom is -0.478 e. The van der Waals surface area contributed by atoms with E-state index in [9.17, 15) is 4.79 Å². The molecule has 0 aliphatic carbocycles. The Morgan fingerprint density at radius 1 is 1.37 bits per heavy atom. The molecule has 1 aromatic heterocycles. The summed E-state index contributed by atoms with van der Waals surface area (Å²) in [7, 11) is 0. The van der Waals surface area contributed by atoms with Gasteiger partial charge in [-0.1, -0.05) is 32.9 Å². The molecule has 0 spiro atoms. The second kappa shape index (κ2) is 4.88. The van der Waals surface area contributed by atoms with Crippen molar-refractivity contribution in [2.75, 3.05) is 0 Å². The number of hydrogen-bond acceptors (Lipinski definition) is 2. The SMILES string of the molecule is CC(C)(C)c1nccn1Cc1cccc(C(=O)O)c1. The van der Waals surface area contributed by atoms with Crippen LogP contribution in [0.5, 0.6) is 0 Å². The molecule has 2 rings (SSSR count). The van der Waals surface area contributed by atoms with Crippen LogP contribution in [-0.4, -0.2) is 20.6 Å². The molecule has 0 unspecified atom stereocenters. The van der Waals surface area contributed by atoms with E-state index >= 15 is 0 Å². The van der Waals surface area contributed by atoms with Crippen molar-refractivity contribution in [1.29, 1.82) is 0 Å². The molecule has 1 heterocycles. The highest BCUT2D eigenvalue weighted by Gasteiger charge is 2.19. The summed E-state index contributed by atoms with van der Waals surface area (Å²) in [5.74, 6) is 0.0942. The zero-order valence-corrected chi connectivity index (χ0v) is 11.4. The van der Waals surface area contributed by atoms with Gasteiger partial charge in [0.05, 0.1) is 5.56 Å². The zero-order valence-electron chi connectivity index (χ0n) is 11.4. The van der Waals surface area contributed by atoms with Gasteiger partial charge in [-0.3, -0.25) is 0 Å². The molecule has 0 aliphatic heterocycles. The van der Waals surface area contributed by atoms with Gasteiger partial charge >= 0.3 is 5.97 Å². The number of aromatic nitrogens is 2. The number of rotatable bonds is 3. The van der Waals surface area contributed by atoms with Gasteiger partial charge in [0.2, 0.25) is 0 Å². The van der Waals surface area contributed by atoms with Gasteiger partial charge in [0, 0.05) is 24.4 Å². The first kappa shape index (κ1) is 13.3. The lowest BCUT2D eigenvalue weighted by Gasteiger charge is -2.19. The number of imidazole rings is 1. The summed E-state index contributed by atoms with van der Waals surface area (Å²) < 4.78 is 2.06. The molecule has 0 aliphatic rings. The van der Waals surface area contributed by atoms with Gasteiger partial charge in [0.1, 0.15) is 5.82 Å². The molecule has 4 heteroatoms. The Labute approximate surface area is 112 Å². The third-order valence-electron chi connectivity index (χ3n) is 2.91. The van der Waals surface area contributed by atoms with Gasteiger partial charge < -0.3 is 9.67 Å². The van der Waals surface area contributed by atoms with E-state index in [1.54, 1.807) is 24.4 Å². The van der Waals surface area contributed by atoms with E-state index in [0.717, 1.165) is 11.4 Å². The Hall–Kier alpha value is -2.10. The predicted molar refractivity (Wildman–Crippen MR) is 73.4 cm³/mol. The van der Waals surface area contributed by atoms with Crippen LogP contribution in [0, 0.1) is 0 Å². The molecule has 0 bridgehead atoms. The summed E-state index contributed by atoms with van der Waals surface area (Å²) in [4.78, 5) is 15.4. The fourth-order valence-electron chi connectivity index (χ4n) is 2.08. The minimum absolute atomic E-state index is 0.0338. The maximum Gasteiger partial charge on any atom is 0.335 e. The molecule has 0 atom stereocenters. The lowest BCUT2D eigenvalue weighted by atomic mass is 9.95. The normalized spacial score (nSPS) is 11.5. The first-order chi connectivity index (χ1) is 8.88. The van der Waals surface area contributed by atoms with E-state index in [0.29, 0.717) is 12.1 Å². The van der Waals surface area contributed by atoms with Gasteiger partial charge in [-0.2, -0.15) is 0 Å². The number of aromatic carboxylic acids is 1. The molecular weight excluding hydrogens is 240 g/mol. The smallest absolute Gasteiger partial charge is 0.335 e. The molecular formula is C15H18N2O2. The highest BCUT2D eigenvalue weighted by atomic mass is 16.4. The van der Waals surface area contributed by atoms with Crippen LogP contribution in [0.3, 0.4) is 0 Å². The number of hydrogen-bond donors (Lipinski definition) is 1. The van der Waals surface area contributed by atoms with Crippen LogP contribution in [0.2, 0.25) is 0 Å². The van der Waals surface area contributed by atoms with E-state index in [1.807, 2.05) is 12.3 Å². The fraction of sp³-hybridized carbons (Fsp3) is 0.333. The number of nitrogens with zero attached hydrogens (tertiary/aromatic N) is 2. The first-order valence-corrected chi connectivity index (χ1v) is 6.22. The zero-order chi connectivity index (χ0) is 14.0. The molecule has 2 aromatic rings. The van der Waals surface area contributed by atoms with E-state index in [2.05, 4.69) is 30.3 Å². The average Bonchev–Trinajstić information content (AvgIpc) is 2.77. The van der Waals surface area contributed by atoms with E-state index in [-0.39, 0.29) is 5.41 Å². The Kier molecular flexibility index (Phi) is 3.42. The van der Waals surface area contributed by atoms with Crippen molar-refractivity contribution in [1.82, 2.24) is 9.55 Å². The van der Waals surface area contributed by atoms with Gasteiger partial charge in [-0.05, 0) is 17.7 Å². The second-order valence-corrected chi connectivity index (χ2v) is 5.63. The van der Waals surface area contributed by atoms with Crippen LogP contribution >= 0.6 is 0 Å². The van der Waals surface area contributed by atoms with Crippen LogP contribution in [0.15, 0.2) is 36.7 Å². The standard InChI is InChI=1S/C15H18N2O2/c1-15(2,3)14-16-7-8-17(14)10-11-5-4-6-12(9-11)13(18)19/h4-9H,10H2,1-3H3,(H,18,19). The third-order valence-corrected chi connectivity index (χ3v) is 2.91. The topological polar surface area (TPSA) is 55.1 Å². The number of carboxylic acids is 1. The third kappa shape index (κ3) is 3.02. The van der Waals surface area contributed by atoms with E-state index in [1.165, 1.54) is 0 Å². The van der Waals surface area contributed by atoms with Crippen molar-refractivity contribution < 1.29 is 9.90 Å². The molecule has 19 heavy (non-hydrogen) atoms. The summed E-state index contributed by atoms with van der Waals surface area (Å²) in [6.07, 6.45) is 3.70. The highest BCUT2D eigenvalue weighted by molar-refractivity contribution is 5.87. The molecule has 1 aromatic carbocycles. The van der Waals surface area contributed by atoms with Crippen LogP contribution in [-0.2, 0) is 12.0 Å². The molecule has 100 valence electrons. The predicted octanol–water partition coefficient (Wildman–Crippen LogP) is 2.93. The van der Waals surface area contributed by atoms with Gasteiger partial charge in [-0.15, -0.1) is 0 Å². The van der Waals surface area contributed by atoms with Gasteiger partial charge in [0.25, 0.3) is 0 Å². The lowest BCUT2D eigenvalue weighted by Crippen LogP contribution is -2.19. The van der Waals surface area contributed by atoms with Crippen molar-refractivity contribution >= 4 is 5.97 Å². The molecule has 0 fully saturated rings. The fourth-order valence-corrected chi connectivity index (χ4v) is 2.08. The molecule has 0 saturated heterocycles. The summed E-state index contributed by atoms with van der Waals surface area (Å²) in [6, 6.07) is 7.00. The van der Waals surface area contributed by atoms with Crippen molar-refractivity contribution in [3.05, 3.63) is 53.6 Å². The Balaban J connectivity index is 2.29. The van der Waals surface area contributed by atoms with Crippen molar-refractivity contribution in [3.8, 4) is 0 Å². The summed E-state index contributed by atoms with van der Waals surface area (Å²) in [5.41, 5.74) is 1.24. The molecule has 0 radical (unpaired) electrons. The molecule has 0 amide bonds. The summed E-state index contributed by atoms with van der Waals surface area (Å²) in [5, 5.41) is 9.00. The number of carbonyl (C=O) groups is 1. The van der Waals surface area contributed by atoms with Crippen molar-refractivity contribution in [3.63, 3.8) is 0 Å². The first-order valence-electron chi connectivity index (χ1n) is 6.22. The lowest BCUT2D eigenvalue weighted by molar-refractivity contribution is 0.0696. The maximum atomic E-state index is 11.0. The Morgan fingerprint density at radius 2 is 2.11 bits per heavy atom. The second-order valence-electron chi connectivity index (χ2n) is 5.63. The number of benzene rings is 1. The maximum absolute atomic E-state index is 11.0. The summed E-state index contributed by atoms with van der Waals surface area (Å²) in [6.45, 7) is 6.96. The van der Waals surface area contributed by atoms with Crippen LogP contribution in [0.4, 0.5) is 0 Å². The van der Waals surface area contributed by atoms with Crippen LogP contribution in [0.25, 0.3) is 0 Å². The van der Waals surface area contributed by atoms with E-state index < -0.39 is 5.97 Å². The monoisotopic (exact) mass is 258 g/mol. The van der Waals surface area contributed by atoms with Crippen molar-refractivity contribution in [2.24, 2.45) is 0 Å². The summed E-state index contributed by atoms with van der Waals surface area (Å²) >= 11 is 0. The molecule has 4 nitrogen and oxygen atoms in total. The van der Waals surface area contributed by atoms with Crippen LogP contribution in [0.1, 0.15) is 42.5 Å². The van der Waals surface area contributed by atoms with Gasteiger partial charge in [-0.25, -0.2) is 9.78 Å². The van der Waals surface area contributed by atoms with Crippen molar-refractivity contribution in [2.45, 2.75) is 32.7 Å². The minimum atomic E-state index is -0.900. The van der Waals surface area contributed by atoms with Gasteiger partial charge in [0.15, 0.2) is 0 Å². The Morgan fingerprint density at radius 3 is 2.74 bits per heavy atom.